The van der Waals surface area contributed by atoms with Crippen molar-refractivity contribution < 1.29 is 14.7 Å². The molecule has 0 aromatic carbocycles. The molecule has 2 amide bonds. The molecule has 0 radical (unpaired) electrons. The highest BCUT2D eigenvalue weighted by Gasteiger charge is 2.26. The fraction of sp³-hybridized carbons (Fsp3) is 0.818. The number of aliphatic hydroxyl groups excluding tert-OH is 1. The summed E-state index contributed by atoms with van der Waals surface area (Å²) in [7, 11) is 0. The Morgan fingerprint density at radius 1 is 1.59 bits per heavy atom. The van der Waals surface area contributed by atoms with Crippen molar-refractivity contribution in [2.24, 2.45) is 11.7 Å². The topological polar surface area (TPSA) is 104 Å². The molecule has 0 aromatic heterocycles. The maximum Gasteiger partial charge on any atom is 0.248 e. The van der Waals surface area contributed by atoms with E-state index in [9.17, 15) is 9.59 Å². The lowest BCUT2D eigenvalue weighted by Gasteiger charge is -2.29. The van der Waals surface area contributed by atoms with Crippen LogP contribution in [0.1, 0.15) is 26.2 Å². The molecule has 0 saturated carbocycles. The van der Waals surface area contributed by atoms with Crippen LogP contribution in [0.3, 0.4) is 0 Å². The predicted molar refractivity (Wildman–Crippen MR) is 63.0 cm³/mol. The Morgan fingerprint density at radius 2 is 2.29 bits per heavy atom. The van der Waals surface area contributed by atoms with Crippen molar-refractivity contribution in [3.8, 4) is 0 Å². The minimum atomic E-state index is -1.32. The summed E-state index contributed by atoms with van der Waals surface area (Å²) < 4.78 is 0. The molecular weight excluding hydrogens is 222 g/mol. The largest absolute Gasteiger partial charge is 0.381 e. The van der Waals surface area contributed by atoms with Gasteiger partial charge in [0.05, 0.1) is 12.6 Å². The number of hydrogen-bond acceptors (Lipinski definition) is 4. The molecule has 5 N–H and O–H groups in total. The normalized spacial score (nSPS) is 26.2. The minimum absolute atomic E-state index is 0.122. The molecule has 1 rings (SSSR count). The van der Waals surface area contributed by atoms with Gasteiger partial charge >= 0.3 is 0 Å². The van der Waals surface area contributed by atoms with Crippen molar-refractivity contribution in [1.82, 2.24) is 10.6 Å². The first-order chi connectivity index (χ1) is 8.04. The van der Waals surface area contributed by atoms with Crippen molar-refractivity contribution in [1.29, 1.82) is 0 Å². The van der Waals surface area contributed by atoms with Gasteiger partial charge in [0, 0.05) is 0 Å². The number of aliphatic hydroxyl groups is 1. The summed E-state index contributed by atoms with van der Waals surface area (Å²) in [5, 5.41) is 14.8. The molecular formula is C11H21N3O3. The summed E-state index contributed by atoms with van der Waals surface area (Å²) >= 11 is 0. The van der Waals surface area contributed by atoms with Gasteiger partial charge in [-0.1, -0.05) is 13.3 Å². The van der Waals surface area contributed by atoms with Crippen molar-refractivity contribution >= 4 is 11.8 Å². The third-order valence-electron chi connectivity index (χ3n) is 3.20. The maximum atomic E-state index is 11.7. The fourth-order valence-electron chi connectivity index (χ4n) is 1.99. The van der Waals surface area contributed by atoms with Gasteiger partial charge in [0.15, 0.2) is 0 Å². The molecule has 6 heteroatoms. The van der Waals surface area contributed by atoms with Gasteiger partial charge in [0.1, 0.15) is 6.10 Å². The number of nitrogens with one attached hydrogen (secondary N) is 2. The second-order valence-electron chi connectivity index (χ2n) is 4.47. The molecule has 17 heavy (non-hydrogen) atoms. The maximum absolute atomic E-state index is 11.7. The Hall–Kier alpha value is -1.14. The first-order valence-corrected chi connectivity index (χ1v) is 6.03. The van der Waals surface area contributed by atoms with Gasteiger partial charge in [0.2, 0.25) is 11.8 Å². The second-order valence-corrected chi connectivity index (χ2v) is 4.47. The molecule has 3 unspecified atom stereocenters. The van der Waals surface area contributed by atoms with E-state index in [-0.39, 0.29) is 18.5 Å². The highest BCUT2D eigenvalue weighted by molar-refractivity contribution is 5.83. The van der Waals surface area contributed by atoms with Crippen LogP contribution in [0.4, 0.5) is 0 Å². The zero-order chi connectivity index (χ0) is 12.8. The molecule has 0 aliphatic carbocycles. The van der Waals surface area contributed by atoms with Crippen LogP contribution in [-0.2, 0) is 9.59 Å². The highest BCUT2D eigenvalue weighted by Crippen LogP contribution is 2.19. The van der Waals surface area contributed by atoms with Crippen LogP contribution in [0.5, 0.6) is 0 Å². The molecule has 1 saturated heterocycles. The molecule has 1 aliphatic heterocycles. The number of piperidine rings is 1. The van der Waals surface area contributed by atoms with Crippen LogP contribution in [0.25, 0.3) is 0 Å². The van der Waals surface area contributed by atoms with Crippen LogP contribution in [0.2, 0.25) is 0 Å². The Kier molecular flexibility index (Phi) is 5.37. The third kappa shape index (κ3) is 4.32. The molecule has 0 bridgehead atoms. The average molecular weight is 243 g/mol. The highest BCUT2D eigenvalue weighted by atomic mass is 16.3. The van der Waals surface area contributed by atoms with E-state index in [4.69, 9.17) is 10.8 Å². The lowest BCUT2D eigenvalue weighted by molar-refractivity contribution is -0.128. The number of carbonyl (C=O) groups is 2. The zero-order valence-electron chi connectivity index (χ0n) is 10.1. The Morgan fingerprint density at radius 3 is 2.88 bits per heavy atom. The molecule has 1 heterocycles. The quantitative estimate of drug-likeness (QED) is 0.483. The summed E-state index contributed by atoms with van der Waals surface area (Å²) in [4.78, 5) is 22.3. The monoisotopic (exact) mass is 243 g/mol. The van der Waals surface area contributed by atoms with Crippen LogP contribution in [-0.4, -0.2) is 42.2 Å². The molecule has 1 fully saturated rings. The first kappa shape index (κ1) is 13.9. The van der Waals surface area contributed by atoms with Crippen molar-refractivity contribution in [3.05, 3.63) is 0 Å². The van der Waals surface area contributed by atoms with Crippen molar-refractivity contribution in [3.63, 3.8) is 0 Å². The van der Waals surface area contributed by atoms with Crippen LogP contribution in [0.15, 0.2) is 0 Å². The molecule has 98 valence electrons. The number of nitrogens with two attached hydrogens (primary N) is 1. The van der Waals surface area contributed by atoms with Gasteiger partial charge in [-0.2, -0.15) is 0 Å². The number of rotatable bonds is 5. The summed E-state index contributed by atoms with van der Waals surface area (Å²) in [5.74, 6) is -0.440. The number of hydrogen-bond donors (Lipinski definition) is 4. The third-order valence-corrected chi connectivity index (χ3v) is 3.20. The Balaban J connectivity index is 2.34. The van der Waals surface area contributed by atoms with Gasteiger partial charge in [-0.15, -0.1) is 0 Å². The Labute approximate surface area is 101 Å². The summed E-state index contributed by atoms with van der Waals surface area (Å²) in [6.07, 6.45) is 1.64. The van der Waals surface area contributed by atoms with E-state index in [1.54, 1.807) is 0 Å². The van der Waals surface area contributed by atoms with E-state index in [2.05, 4.69) is 17.6 Å². The summed E-state index contributed by atoms with van der Waals surface area (Å²) in [6, 6.07) is -0.228. The molecule has 6 nitrogen and oxygen atoms in total. The smallest absolute Gasteiger partial charge is 0.248 e. The van der Waals surface area contributed by atoms with Crippen molar-refractivity contribution in [2.45, 2.75) is 38.3 Å². The summed E-state index contributed by atoms with van der Waals surface area (Å²) in [6.45, 7) is 2.82. The second kappa shape index (κ2) is 6.56. The van der Waals surface area contributed by atoms with E-state index in [1.165, 1.54) is 0 Å². The molecule has 1 aliphatic rings. The molecule has 3 atom stereocenters. The standard InChI is InChI=1S/C11H21N3O3/c1-2-7-3-4-13-8(5-7)11(17)14-6-9(15)10(12)16/h7-9,13,15H,2-6H2,1H3,(H2,12,16)(H,14,17). The number of amides is 2. The first-order valence-electron chi connectivity index (χ1n) is 6.03. The lowest BCUT2D eigenvalue weighted by atomic mass is 9.90. The number of primary amides is 1. The van der Waals surface area contributed by atoms with E-state index < -0.39 is 12.0 Å². The van der Waals surface area contributed by atoms with Crippen molar-refractivity contribution in [2.75, 3.05) is 13.1 Å². The number of carbonyl (C=O) groups excluding carboxylic acids is 2. The van der Waals surface area contributed by atoms with Crippen LogP contribution < -0.4 is 16.4 Å². The zero-order valence-corrected chi connectivity index (χ0v) is 10.1. The fourth-order valence-corrected chi connectivity index (χ4v) is 1.99. The predicted octanol–water partition coefficient (Wildman–Crippen LogP) is -1.27. The van der Waals surface area contributed by atoms with Gasteiger partial charge in [-0.25, -0.2) is 0 Å². The van der Waals surface area contributed by atoms with Crippen LogP contribution >= 0.6 is 0 Å². The van der Waals surface area contributed by atoms with Gasteiger partial charge < -0.3 is 21.5 Å². The van der Waals surface area contributed by atoms with Gasteiger partial charge in [-0.05, 0) is 25.3 Å². The summed E-state index contributed by atoms with van der Waals surface area (Å²) in [5.41, 5.74) is 4.89. The van der Waals surface area contributed by atoms with E-state index in [0.717, 1.165) is 25.8 Å². The Bertz CT molecular complexity index is 283. The SMILES string of the molecule is CCC1CCNC(C(=O)NCC(O)C(N)=O)C1. The van der Waals surface area contributed by atoms with Gasteiger partial charge in [-0.3, -0.25) is 9.59 Å². The average Bonchev–Trinajstić information content (AvgIpc) is 2.35. The van der Waals surface area contributed by atoms with E-state index in [1.807, 2.05) is 0 Å². The van der Waals surface area contributed by atoms with Crippen LogP contribution in [0, 0.1) is 5.92 Å². The van der Waals surface area contributed by atoms with E-state index in [0.29, 0.717) is 5.92 Å². The van der Waals surface area contributed by atoms with Gasteiger partial charge in [0.25, 0.3) is 0 Å². The van der Waals surface area contributed by atoms with E-state index >= 15 is 0 Å². The lowest BCUT2D eigenvalue weighted by Crippen LogP contribution is -2.51. The molecule has 0 aromatic rings. The molecule has 0 spiro atoms. The minimum Gasteiger partial charge on any atom is -0.381 e.